The lowest BCUT2D eigenvalue weighted by molar-refractivity contribution is -0.129. The molecule has 2 rings (SSSR count). The lowest BCUT2D eigenvalue weighted by Gasteiger charge is -2.25. The fourth-order valence-electron chi connectivity index (χ4n) is 2.20. The molecule has 1 amide bonds. The lowest BCUT2D eigenvalue weighted by Crippen LogP contribution is -2.38. The van der Waals surface area contributed by atoms with E-state index in [9.17, 15) is 4.79 Å². The highest BCUT2D eigenvalue weighted by Crippen LogP contribution is 2.25. The van der Waals surface area contributed by atoms with Crippen LogP contribution in [0.15, 0.2) is 42.7 Å². The smallest absolute Gasteiger partial charge is 0.226 e. The average molecular weight is 296 g/mol. The molecule has 0 saturated heterocycles. The second-order valence-electron chi connectivity index (χ2n) is 6.79. The van der Waals surface area contributed by atoms with Crippen molar-refractivity contribution in [1.29, 1.82) is 0 Å². The molecule has 0 aliphatic heterocycles. The highest BCUT2D eigenvalue weighted by atomic mass is 16.2. The number of aromatic nitrogens is 1. The molecule has 3 nitrogen and oxygen atoms in total. The Morgan fingerprint density at radius 2 is 1.82 bits per heavy atom. The van der Waals surface area contributed by atoms with Crippen molar-refractivity contribution < 1.29 is 4.79 Å². The third-order valence-electron chi connectivity index (χ3n) is 3.84. The number of amides is 1. The molecule has 0 aliphatic carbocycles. The highest BCUT2D eigenvalue weighted by molar-refractivity contribution is 5.82. The molecule has 1 atom stereocenters. The highest BCUT2D eigenvalue weighted by Gasteiger charge is 2.25. The van der Waals surface area contributed by atoms with Crippen molar-refractivity contribution in [3.63, 3.8) is 0 Å². The molecule has 2 aromatic rings. The Balaban J connectivity index is 2.42. The standard InChI is InChI=1S/C19H24N2O/c1-13-8-9-15(11-14(13)2)17(16-7-6-10-20-12-16)21-18(22)19(3,4)5/h6-12,17H,1-5H3,(H,21,22)/t17-/m0/s1. The van der Waals surface area contributed by atoms with Crippen molar-refractivity contribution in [3.8, 4) is 0 Å². The quantitative estimate of drug-likeness (QED) is 0.932. The maximum absolute atomic E-state index is 12.4. The molecule has 1 aromatic carbocycles. The molecular weight excluding hydrogens is 272 g/mol. The van der Waals surface area contributed by atoms with Crippen molar-refractivity contribution in [3.05, 3.63) is 65.0 Å². The van der Waals surface area contributed by atoms with E-state index in [2.05, 4.69) is 42.3 Å². The van der Waals surface area contributed by atoms with Crippen LogP contribution in [0.4, 0.5) is 0 Å². The zero-order valence-corrected chi connectivity index (χ0v) is 14.0. The van der Waals surface area contributed by atoms with Crippen LogP contribution in [-0.4, -0.2) is 10.9 Å². The minimum atomic E-state index is -0.430. The Morgan fingerprint density at radius 1 is 1.09 bits per heavy atom. The topological polar surface area (TPSA) is 42.0 Å². The third-order valence-corrected chi connectivity index (χ3v) is 3.84. The molecule has 1 heterocycles. The molecule has 3 heteroatoms. The van der Waals surface area contributed by atoms with Crippen molar-refractivity contribution in [1.82, 2.24) is 10.3 Å². The van der Waals surface area contributed by atoms with E-state index < -0.39 is 5.41 Å². The molecule has 116 valence electrons. The van der Waals surface area contributed by atoms with Crippen LogP contribution in [0.3, 0.4) is 0 Å². The Bertz CT molecular complexity index is 657. The summed E-state index contributed by atoms with van der Waals surface area (Å²) in [5.41, 5.74) is 4.10. The molecular formula is C19H24N2O. The van der Waals surface area contributed by atoms with Crippen LogP contribution in [0.1, 0.15) is 49.1 Å². The summed E-state index contributed by atoms with van der Waals surface area (Å²) < 4.78 is 0. The second-order valence-corrected chi connectivity index (χ2v) is 6.79. The lowest BCUT2D eigenvalue weighted by atomic mass is 9.92. The van der Waals surface area contributed by atoms with E-state index in [1.54, 1.807) is 6.20 Å². The van der Waals surface area contributed by atoms with E-state index in [0.717, 1.165) is 11.1 Å². The number of pyridine rings is 1. The number of benzene rings is 1. The fraction of sp³-hybridized carbons (Fsp3) is 0.368. The summed E-state index contributed by atoms with van der Waals surface area (Å²) in [7, 11) is 0. The van der Waals surface area contributed by atoms with Gasteiger partial charge in [0.1, 0.15) is 0 Å². The largest absolute Gasteiger partial charge is 0.345 e. The van der Waals surface area contributed by atoms with E-state index in [-0.39, 0.29) is 11.9 Å². The van der Waals surface area contributed by atoms with Gasteiger partial charge in [0.25, 0.3) is 0 Å². The maximum Gasteiger partial charge on any atom is 0.226 e. The third kappa shape index (κ3) is 3.73. The van der Waals surface area contributed by atoms with Gasteiger partial charge in [-0.2, -0.15) is 0 Å². The van der Waals surface area contributed by atoms with Crippen LogP contribution in [0.25, 0.3) is 0 Å². The van der Waals surface area contributed by atoms with Crippen LogP contribution in [-0.2, 0) is 4.79 Å². The van der Waals surface area contributed by atoms with E-state index in [1.165, 1.54) is 11.1 Å². The summed E-state index contributed by atoms with van der Waals surface area (Å²) in [6.07, 6.45) is 3.55. The molecule has 0 saturated carbocycles. The van der Waals surface area contributed by atoms with Gasteiger partial charge in [-0.15, -0.1) is 0 Å². The van der Waals surface area contributed by atoms with Gasteiger partial charge in [-0.3, -0.25) is 9.78 Å². The number of nitrogens with zero attached hydrogens (tertiary/aromatic N) is 1. The monoisotopic (exact) mass is 296 g/mol. The van der Waals surface area contributed by atoms with Gasteiger partial charge in [-0.25, -0.2) is 0 Å². The first kappa shape index (κ1) is 16.2. The zero-order chi connectivity index (χ0) is 16.3. The Labute approximate surface area is 132 Å². The maximum atomic E-state index is 12.4. The van der Waals surface area contributed by atoms with Gasteiger partial charge in [-0.1, -0.05) is 45.0 Å². The number of carbonyl (C=O) groups excluding carboxylic acids is 1. The second kappa shape index (κ2) is 6.30. The Morgan fingerprint density at radius 3 is 2.36 bits per heavy atom. The first-order chi connectivity index (χ1) is 10.3. The molecule has 0 fully saturated rings. The van der Waals surface area contributed by atoms with Crippen molar-refractivity contribution in [2.75, 3.05) is 0 Å². The SMILES string of the molecule is Cc1ccc([C@H](NC(=O)C(C)(C)C)c2cccnc2)cc1C. The zero-order valence-electron chi connectivity index (χ0n) is 14.0. The molecule has 1 aromatic heterocycles. The van der Waals surface area contributed by atoms with Gasteiger partial charge < -0.3 is 5.32 Å². The Kier molecular flexibility index (Phi) is 4.65. The molecule has 0 spiro atoms. The minimum absolute atomic E-state index is 0.0274. The van der Waals surface area contributed by atoms with Gasteiger partial charge in [0.05, 0.1) is 6.04 Å². The normalized spacial score (nSPS) is 12.8. The number of hydrogen-bond donors (Lipinski definition) is 1. The van der Waals surface area contributed by atoms with Gasteiger partial charge in [0, 0.05) is 17.8 Å². The average Bonchev–Trinajstić information content (AvgIpc) is 2.47. The fourth-order valence-corrected chi connectivity index (χ4v) is 2.20. The number of rotatable bonds is 3. The predicted molar refractivity (Wildman–Crippen MR) is 89.6 cm³/mol. The van der Waals surface area contributed by atoms with Crippen LogP contribution in [0.5, 0.6) is 0 Å². The first-order valence-corrected chi connectivity index (χ1v) is 7.57. The van der Waals surface area contributed by atoms with E-state index in [0.29, 0.717) is 0 Å². The molecule has 0 aliphatic rings. The van der Waals surface area contributed by atoms with Crippen molar-refractivity contribution >= 4 is 5.91 Å². The summed E-state index contributed by atoms with van der Waals surface area (Å²) in [4.78, 5) is 16.6. The molecule has 0 bridgehead atoms. The molecule has 22 heavy (non-hydrogen) atoms. The molecule has 1 N–H and O–H groups in total. The first-order valence-electron chi connectivity index (χ1n) is 7.57. The number of hydrogen-bond acceptors (Lipinski definition) is 2. The minimum Gasteiger partial charge on any atom is -0.345 e. The van der Waals surface area contributed by atoms with E-state index in [1.807, 2.05) is 39.1 Å². The van der Waals surface area contributed by atoms with Crippen LogP contribution in [0.2, 0.25) is 0 Å². The summed E-state index contributed by atoms with van der Waals surface area (Å²) in [5.74, 6) is 0.0274. The van der Waals surface area contributed by atoms with Gasteiger partial charge in [0.2, 0.25) is 5.91 Å². The summed E-state index contributed by atoms with van der Waals surface area (Å²) in [6.45, 7) is 9.94. The van der Waals surface area contributed by atoms with Crippen LogP contribution >= 0.6 is 0 Å². The van der Waals surface area contributed by atoms with Gasteiger partial charge in [-0.05, 0) is 42.2 Å². The molecule has 0 radical (unpaired) electrons. The van der Waals surface area contributed by atoms with Crippen molar-refractivity contribution in [2.45, 2.75) is 40.7 Å². The van der Waals surface area contributed by atoms with Crippen LogP contribution < -0.4 is 5.32 Å². The van der Waals surface area contributed by atoms with E-state index in [4.69, 9.17) is 0 Å². The summed E-state index contributed by atoms with van der Waals surface area (Å²) in [5, 5.41) is 3.16. The summed E-state index contributed by atoms with van der Waals surface area (Å²) in [6, 6.07) is 10.0. The van der Waals surface area contributed by atoms with Gasteiger partial charge >= 0.3 is 0 Å². The summed E-state index contributed by atoms with van der Waals surface area (Å²) >= 11 is 0. The number of nitrogens with one attached hydrogen (secondary N) is 1. The Hall–Kier alpha value is -2.16. The van der Waals surface area contributed by atoms with Crippen LogP contribution in [0, 0.1) is 19.3 Å². The van der Waals surface area contributed by atoms with Gasteiger partial charge in [0.15, 0.2) is 0 Å². The number of aryl methyl sites for hydroxylation is 2. The number of carbonyl (C=O) groups is 1. The predicted octanol–water partition coefficient (Wildman–Crippen LogP) is 3.95. The van der Waals surface area contributed by atoms with Crippen molar-refractivity contribution in [2.24, 2.45) is 5.41 Å². The van der Waals surface area contributed by atoms with E-state index >= 15 is 0 Å². The molecule has 0 unspecified atom stereocenters.